The lowest BCUT2D eigenvalue weighted by molar-refractivity contribution is -0.127. The molecule has 0 bridgehead atoms. The van der Waals surface area contributed by atoms with E-state index in [1.807, 2.05) is 0 Å². The molecule has 1 saturated heterocycles. The lowest BCUT2D eigenvalue weighted by Gasteiger charge is -2.23. The van der Waals surface area contributed by atoms with E-state index in [1.165, 1.54) is 0 Å². The highest BCUT2D eigenvalue weighted by Gasteiger charge is 2.34. The quantitative estimate of drug-likeness (QED) is 0.649. The standard InChI is InChI=1S/C15H23N3O3/c1-10-13(11(2)17(3)16-10)14(20)15(21)18-8-4-6-12(18)7-5-9-19/h12,19H,4-9H2,1-3H3. The molecule has 116 valence electrons. The number of nitrogens with zero attached hydrogens (tertiary/aromatic N) is 3. The van der Waals surface area contributed by atoms with E-state index in [-0.39, 0.29) is 12.6 Å². The van der Waals surface area contributed by atoms with Crippen LogP contribution in [0.1, 0.15) is 47.4 Å². The monoisotopic (exact) mass is 293 g/mol. The fourth-order valence-electron chi connectivity index (χ4n) is 3.07. The Bertz CT molecular complexity index is 551. The van der Waals surface area contributed by atoms with Gasteiger partial charge in [-0.2, -0.15) is 5.10 Å². The first kappa shape index (κ1) is 15.7. The van der Waals surface area contributed by atoms with Crippen molar-refractivity contribution in [2.24, 2.45) is 7.05 Å². The van der Waals surface area contributed by atoms with Crippen molar-refractivity contribution in [1.82, 2.24) is 14.7 Å². The predicted octanol–water partition coefficient (Wildman–Crippen LogP) is 0.983. The highest BCUT2D eigenvalue weighted by molar-refractivity contribution is 6.43. The number of hydrogen-bond acceptors (Lipinski definition) is 4. The Hall–Kier alpha value is -1.69. The Kier molecular flexibility index (Phi) is 4.77. The van der Waals surface area contributed by atoms with Crippen LogP contribution < -0.4 is 0 Å². The molecule has 1 N–H and O–H groups in total. The SMILES string of the molecule is Cc1nn(C)c(C)c1C(=O)C(=O)N1CCCC1CCCO. The molecule has 0 aliphatic carbocycles. The summed E-state index contributed by atoms with van der Waals surface area (Å²) in [6, 6.07) is 0.0749. The topological polar surface area (TPSA) is 75.4 Å². The molecule has 1 amide bonds. The number of carbonyl (C=O) groups excluding carboxylic acids is 2. The number of aliphatic hydroxyl groups excluding tert-OH is 1. The molecule has 0 radical (unpaired) electrons. The van der Waals surface area contributed by atoms with Crippen LogP contribution in [0, 0.1) is 13.8 Å². The summed E-state index contributed by atoms with van der Waals surface area (Å²) in [5.74, 6) is -0.899. The maximum Gasteiger partial charge on any atom is 0.295 e. The van der Waals surface area contributed by atoms with E-state index in [2.05, 4.69) is 5.10 Å². The van der Waals surface area contributed by atoms with Gasteiger partial charge in [0.15, 0.2) is 0 Å². The van der Waals surface area contributed by atoms with Gasteiger partial charge in [0.2, 0.25) is 0 Å². The second-order valence-electron chi connectivity index (χ2n) is 5.66. The zero-order chi connectivity index (χ0) is 15.6. The highest BCUT2D eigenvalue weighted by atomic mass is 16.3. The van der Waals surface area contributed by atoms with Gasteiger partial charge in [-0.05, 0) is 39.5 Å². The predicted molar refractivity (Wildman–Crippen MR) is 78.1 cm³/mol. The van der Waals surface area contributed by atoms with Crippen LogP contribution in [0.4, 0.5) is 0 Å². The Balaban J connectivity index is 2.17. The Morgan fingerprint density at radius 3 is 2.67 bits per heavy atom. The number of Topliss-reactive ketones (excluding diaryl/α,β-unsaturated/α-hetero) is 1. The Labute approximate surface area is 124 Å². The van der Waals surface area contributed by atoms with Gasteiger partial charge in [-0.25, -0.2) is 0 Å². The summed E-state index contributed by atoms with van der Waals surface area (Å²) in [7, 11) is 1.77. The molecule has 1 unspecified atom stereocenters. The van der Waals surface area contributed by atoms with Gasteiger partial charge in [0.25, 0.3) is 11.7 Å². The minimum absolute atomic E-state index is 0.0749. The third-order valence-corrected chi connectivity index (χ3v) is 4.26. The first-order chi connectivity index (χ1) is 9.97. The number of ketones is 1. The van der Waals surface area contributed by atoms with Crippen molar-refractivity contribution in [2.45, 2.75) is 45.6 Å². The van der Waals surface area contributed by atoms with Gasteiger partial charge < -0.3 is 10.0 Å². The number of hydrogen-bond donors (Lipinski definition) is 1. The molecular weight excluding hydrogens is 270 g/mol. The summed E-state index contributed by atoms with van der Waals surface area (Å²) in [6.45, 7) is 4.29. The number of amides is 1. The molecule has 6 heteroatoms. The second kappa shape index (κ2) is 6.39. The van der Waals surface area contributed by atoms with Crippen molar-refractivity contribution < 1.29 is 14.7 Å². The van der Waals surface area contributed by atoms with Crippen molar-refractivity contribution in [3.05, 3.63) is 17.0 Å². The van der Waals surface area contributed by atoms with Crippen LogP contribution in [-0.2, 0) is 11.8 Å². The summed E-state index contributed by atoms with van der Waals surface area (Å²) >= 11 is 0. The molecule has 6 nitrogen and oxygen atoms in total. The molecule has 1 aliphatic rings. The van der Waals surface area contributed by atoms with E-state index >= 15 is 0 Å². The largest absolute Gasteiger partial charge is 0.396 e. The van der Waals surface area contributed by atoms with Crippen molar-refractivity contribution in [1.29, 1.82) is 0 Å². The van der Waals surface area contributed by atoms with Gasteiger partial charge in [-0.1, -0.05) is 0 Å². The van der Waals surface area contributed by atoms with Crippen molar-refractivity contribution >= 4 is 11.7 Å². The van der Waals surface area contributed by atoms with E-state index in [1.54, 1.807) is 30.5 Å². The van der Waals surface area contributed by atoms with E-state index in [0.29, 0.717) is 24.2 Å². The minimum Gasteiger partial charge on any atom is -0.396 e. The summed E-state index contributed by atoms with van der Waals surface area (Å²) in [5.41, 5.74) is 1.74. The Morgan fingerprint density at radius 1 is 1.38 bits per heavy atom. The smallest absolute Gasteiger partial charge is 0.295 e. The first-order valence-corrected chi connectivity index (χ1v) is 7.43. The zero-order valence-corrected chi connectivity index (χ0v) is 12.9. The molecular formula is C15H23N3O3. The van der Waals surface area contributed by atoms with Crippen LogP contribution in [0.2, 0.25) is 0 Å². The van der Waals surface area contributed by atoms with Gasteiger partial charge in [0.1, 0.15) is 0 Å². The summed E-state index contributed by atoms with van der Waals surface area (Å²) in [5, 5.41) is 13.1. The minimum atomic E-state index is -0.464. The van der Waals surface area contributed by atoms with E-state index in [0.717, 1.165) is 25.0 Å². The van der Waals surface area contributed by atoms with E-state index < -0.39 is 11.7 Å². The Morgan fingerprint density at radius 2 is 2.10 bits per heavy atom. The van der Waals surface area contributed by atoms with Crippen LogP contribution in [0.25, 0.3) is 0 Å². The number of aromatic nitrogens is 2. The summed E-state index contributed by atoms with van der Waals surface area (Å²) in [6.07, 6.45) is 3.23. The van der Waals surface area contributed by atoms with E-state index in [4.69, 9.17) is 5.11 Å². The number of aliphatic hydroxyl groups is 1. The van der Waals surface area contributed by atoms with Crippen molar-refractivity contribution in [3.8, 4) is 0 Å². The lowest BCUT2D eigenvalue weighted by Crippen LogP contribution is -2.40. The fraction of sp³-hybridized carbons (Fsp3) is 0.667. The molecule has 1 atom stereocenters. The van der Waals surface area contributed by atoms with Crippen LogP contribution in [0.5, 0.6) is 0 Å². The van der Waals surface area contributed by atoms with Gasteiger partial charge >= 0.3 is 0 Å². The fourth-order valence-corrected chi connectivity index (χ4v) is 3.07. The number of rotatable bonds is 5. The second-order valence-corrected chi connectivity index (χ2v) is 5.66. The average molecular weight is 293 g/mol. The third-order valence-electron chi connectivity index (χ3n) is 4.26. The van der Waals surface area contributed by atoms with Crippen LogP contribution >= 0.6 is 0 Å². The average Bonchev–Trinajstić information content (AvgIpc) is 3.01. The molecule has 2 heterocycles. The molecule has 0 aromatic carbocycles. The third kappa shape index (κ3) is 3.00. The number of aryl methyl sites for hydroxylation is 2. The van der Waals surface area contributed by atoms with Crippen molar-refractivity contribution in [3.63, 3.8) is 0 Å². The summed E-state index contributed by atoms with van der Waals surface area (Å²) < 4.78 is 1.63. The molecule has 2 rings (SSSR count). The van der Waals surface area contributed by atoms with Crippen LogP contribution in [0.3, 0.4) is 0 Å². The van der Waals surface area contributed by atoms with Gasteiger partial charge in [0, 0.05) is 31.9 Å². The molecule has 0 saturated carbocycles. The normalized spacial score (nSPS) is 18.3. The molecule has 1 aliphatic heterocycles. The zero-order valence-electron chi connectivity index (χ0n) is 12.9. The first-order valence-electron chi connectivity index (χ1n) is 7.43. The lowest BCUT2D eigenvalue weighted by atomic mass is 10.1. The van der Waals surface area contributed by atoms with Gasteiger partial charge in [0.05, 0.1) is 11.3 Å². The number of likely N-dealkylation sites (tertiary alicyclic amines) is 1. The maximum absolute atomic E-state index is 12.5. The molecule has 21 heavy (non-hydrogen) atoms. The summed E-state index contributed by atoms with van der Waals surface area (Å²) in [4.78, 5) is 26.7. The van der Waals surface area contributed by atoms with Crippen molar-refractivity contribution in [2.75, 3.05) is 13.2 Å². The van der Waals surface area contributed by atoms with Crippen LogP contribution in [-0.4, -0.2) is 50.7 Å². The maximum atomic E-state index is 12.5. The van der Waals surface area contributed by atoms with Gasteiger partial charge in [-0.15, -0.1) is 0 Å². The molecule has 1 aromatic rings. The molecule has 1 fully saturated rings. The van der Waals surface area contributed by atoms with E-state index in [9.17, 15) is 9.59 Å². The molecule has 1 aromatic heterocycles. The van der Waals surface area contributed by atoms with Crippen LogP contribution in [0.15, 0.2) is 0 Å². The molecule has 0 spiro atoms. The highest BCUT2D eigenvalue weighted by Crippen LogP contribution is 2.23. The van der Waals surface area contributed by atoms with Gasteiger partial charge in [-0.3, -0.25) is 14.3 Å². The number of carbonyl (C=O) groups is 2.